The average molecular weight is 344 g/mol. The summed E-state index contributed by atoms with van der Waals surface area (Å²) in [5, 5.41) is 3.17. The number of nitrogens with one attached hydrogen (secondary N) is 1. The van der Waals surface area contributed by atoms with Gasteiger partial charge in [0.15, 0.2) is 0 Å². The number of nitrogens with zero attached hydrogens (tertiary/aromatic N) is 2. The van der Waals surface area contributed by atoms with Gasteiger partial charge in [0.25, 0.3) is 5.91 Å². The van der Waals surface area contributed by atoms with Gasteiger partial charge in [0.2, 0.25) is 0 Å². The highest BCUT2D eigenvalue weighted by Gasteiger charge is 2.35. The fourth-order valence-electron chi connectivity index (χ4n) is 1.92. The second-order valence-electron chi connectivity index (χ2n) is 4.56. The third kappa shape index (κ3) is 3.08. The minimum Gasteiger partial charge on any atom is -0.350 e. The standard InChI is InChI=1S/C10H12Cl2FN3O3S/c1-15-8(2-7(11)9(15)12)10(17)14-3-6-4-16(5-6)20(13,18)19/h2,6H,3-5H2,1H3,(H,14,17). The van der Waals surface area contributed by atoms with Crippen LogP contribution in [0, 0.1) is 5.92 Å². The third-order valence-electron chi connectivity index (χ3n) is 3.13. The monoisotopic (exact) mass is 343 g/mol. The first-order chi connectivity index (χ1) is 9.20. The lowest BCUT2D eigenvalue weighted by Gasteiger charge is -2.35. The van der Waals surface area contributed by atoms with Crippen molar-refractivity contribution < 1.29 is 17.1 Å². The Hall–Kier alpha value is -0.830. The Morgan fingerprint density at radius 2 is 2.10 bits per heavy atom. The molecule has 1 aromatic rings. The van der Waals surface area contributed by atoms with Gasteiger partial charge in [-0.1, -0.05) is 27.1 Å². The summed E-state index contributed by atoms with van der Waals surface area (Å²) in [5.74, 6) is -0.474. The fourth-order valence-corrected chi connectivity index (χ4v) is 3.07. The van der Waals surface area contributed by atoms with Gasteiger partial charge in [-0.15, -0.1) is 0 Å². The maximum atomic E-state index is 12.5. The Morgan fingerprint density at radius 1 is 1.50 bits per heavy atom. The van der Waals surface area contributed by atoms with Gasteiger partial charge < -0.3 is 9.88 Å². The SMILES string of the molecule is Cn1c(C(=O)NCC2CN(S(=O)(=O)F)C2)cc(Cl)c1Cl. The largest absolute Gasteiger partial charge is 0.374 e. The van der Waals surface area contributed by atoms with E-state index in [1.165, 1.54) is 10.6 Å². The van der Waals surface area contributed by atoms with Gasteiger partial charge >= 0.3 is 10.4 Å². The molecule has 0 aliphatic carbocycles. The van der Waals surface area contributed by atoms with Crippen molar-refractivity contribution in [2.75, 3.05) is 19.6 Å². The van der Waals surface area contributed by atoms with E-state index in [0.29, 0.717) is 10.00 Å². The molecule has 1 aromatic heterocycles. The molecule has 0 bridgehead atoms. The lowest BCUT2D eigenvalue weighted by Crippen LogP contribution is -2.52. The first-order valence-corrected chi connectivity index (χ1v) is 7.78. The van der Waals surface area contributed by atoms with Crippen LogP contribution in [0.4, 0.5) is 3.89 Å². The molecule has 20 heavy (non-hydrogen) atoms. The molecule has 0 spiro atoms. The van der Waals surface area contributed by atoms with Gasteiger partial charge in [0, 0.05) is 32.6 Å². The van der Waals surface area contributed by atoms with Crippen molar-refractivity contribution >= 4 is 39.5 Å². The van der Waals surface area contributed by atoms with E-state index in [4.69, 9.17) is 23.2 Å². The van der Waals surface area contributed by atoms with Crippen LogP contribution in [0.25, 0.3) is 0 Å². The summed E-state index contributed by atoms with van der Waals surface area (Å²) in [4.78, 5) is 11.9. The molecule has 0 radical (unpaired) electrons. The fraction of sp³-hybridized carbons (Fsp3) is 0.500. The molecule has 1 saturated heterocycles. The van der Waals surface area contributed by atoms with Crippen molar-refractivity contribution in [1.29, 1.82) is 0 Å². The number of amides is 1. The van der Waals surface area contributed by atoms with Crippen molar-refractivity contribution in [2.45, 2.75) is 0 Å². The predicted molar refractivity (Wildman–Crippen MR) is 72.9 cm³/mol. The molecular formula is C10H12Cl2FN3O3S. The van der Waals surface area contributed by atoms with Crippen LogP contribution in [0.15, 0.2) is 6.07 Å². The number of carbonyl (C=O) groups is 1. The van der Waals surface area contributed by atoms with E-state index < -0.39 is 10.4 Å². The molecule has 0 saturated carbocycles. The first kappa shape index (κ1) is 15.6. The minimum atomic E-state index is -4.62. The first-order valence-electron chi connectivity index (χ1n) is 5.68. The zero-order valence-electron chi connectivity index (χ0n) is 10.4. The molecule has 1 fully saturated rings. The second-order valence-corrected chi connectivity index (χ2v) is 6.67. The lowest BCUT2D eigenvalue weighted by atomic mass is 10.0. The van der Waals surface area contributed by atoms with Crippen molar-refractivity contribution in [3.8, 4) is 0 Å². The van der Waals surface area contributed by atoms with Gasteiger partial charge in [-0.3, -0.25) is 4.79 Å². The minimum absolute atomic E-state index is 0.0633. The molecule has 1 aliphatic rings. The van der Waals surface area contributed by atoms with Gasteiger partial charge in [-0.25, -0.2) is 0 Å². The maximum absolute atomic E-state index is 12.5. The molecule has 1 amide bonds. The average Bonchev–Trinajstić information content (AvgIpc) is 2.53. The zero-order valence-corrected chi connectivity index (χ0v) is 12.8. The number of hydrogen-bond acceptors (Lipinski definition) is 3. The van der Waals surface area contributed by atoms with Gasteiger partial charge in [0.05, 0.1) is 5.02 Å². The smallest absolute Gasteiger partial charge is 0.350 e. The topological polar surface area (TPSA) is 71.4 Å². The maximum Gasteiger partial charge on any atom is 0.374 e. The van der Waals surface area contributed by atoms with Gasteiger partial charge in [-0.05, 0) is 6.07 Å². The van der Waals surface area contributed by atoms with E-state index in [-0.39, 0.29) is 41.6 Å². The Bertz CT molecular complexity index is 640. The van der Waals surface area contributed by atoms with Crippen molar-refractivity contribution in [1.82, 2.24) is 14.2 Å². The highest BCUT2D eigenvalue weighted by molar-refractivity contribution is 7.84. The van der Waals surface area contributed by atoms with Crippen LogP contribution in [0.2, 0.25) is 10.2 Å². The predicted octanol–water partition coefficient (Wildman–Crippen LogP) is 1.21. The highest BCUT2D eigenvalue weighted by Crippen LogP contribution is 2.25. The van der Waals surface area contributed by atoms with Gasteiger partial charge in [0.1, 0.15) is 10.8 Å². The van der Waals surface area contributed by atoms with Crippen LogP contribution < -0.4 is 5.32 Å². The Kier molecular flexibility index (Phi) is 4.29. The summed E-state index contributed by atoms with van der Waals surface area (Å²) in [5.41, 5.74) is 0.300. The molecule has 2 heterocycles. The summed E-state index contributed by atoms with van der Waals surface area (Å²) >= 11 is 11.7. The van der Waals surface area contributed by atoms with E-state index in [9.17, 15) is 17.1 Å². The molecular weight excluding hydrogens is 332 g/mol. The third-order valence-corrected chi connectivity index (χ3v) is 4.89. The van der Waals surface area contributed by atoms with Crippen LogP contribution in [0.5, 0.6) is 0 Å². The van der Waals surface area contributed by atoms with Crippen LogP contribution in [0.3, 0.4) is 0 Å². The second kappa shape index (κ2) is 5.51. The van der Waals surface area contributed by atoms with Gasteiger partial charge in [-0.2, -0.15) is 12.7 Å². The van der Waals surface area contributed by atoms with E-state index in [1.807, 2.05) is 0 Å². The summed E-state index contributed by atoms with van der Waals surface area (Å²) in [6.07, 6.45) is 0. The van der Waals surface area contributed by atoms with Crippen LogP contribution in [-0.4, -0.2) is 42.8 Å². The highest BCUT2D eigenvalue weighted by atomic mass is 35.5. The summed E-state index contributed by atoms with van der Waals surface area (Å²) in [6, 6.07) is 1.44. The molecule has 1 aliphatic heterocycles. The molecule has 0 unspecified atom stereocenters. The van der Waals surface area contributed by atoms with E-state index in [0.717, 1.165) is 0 Å². The van der Waals surface area contributed by atoms with Crippen molar-refractivity contribution in [2.24, 2.45) is 13.0 Å². The Morgan fingerprint density at radius 3 is 2.55 bits per heavy atom. The van der Waals surface area contributed by atoms with E-state index in [2.05, 4.69) is 5.32 Å². The molecule has 6 nitrogen and oxygen atoms in total. The molecule has 2 rings (SSSR count). The zero-order chi connectivity index (χ0) is 15.1. The summed E-state index contributed by atoms with van der Waals surface area (Å²) in [7, 11) is -3.02. The lowest BCUT2D eigenvalue weighted by molar-refractivity contribution is 0.0920. The molecule has 112 valence electrons. The van der Waals surface area contributed by atoms with Crippen LogP contribution in [-0.2, 0) is 17.5 Å². The van der Waals surface area contributed by atoms with Crippen LogP contribution >= 0.6 is 23.2 Å². The van der Waals surface area contributed by atoms with E-state index in [1.54, 1.807) is 7.05 Å². The van der Waals surface area contributed by atoms with Crippen molar-refractivity contribution in [3.63, 3.8) is 0 Å². The quantitative estimate of drug-likeness (QED) is 0.835. The Balaban J connectivity index is 1.87. The number of rotatable bonds is 4. The summed E-state index contributed by atoms with van der Waals surface area (Å²) in [6.45, 7) is 0.382. The van der Waals surface area contributed by atoms with E-state index >= 15 is 0 Å². The number of carbonyl (C=O) groups excluding carboxylic acids is 1. The molecule has 1 N–H and O–H groups in total. The molecule has 0 aromatic carbocycles. The van der Waals surface area contributed by atoms with Crippen LogP contribution in [0.1, 0.15) is 10.5 Å². The Labute approximate surface area is 125 Å². The van der Waals surface area contributed by atoms with Crippen molar-refractivity contribution in [3.05, 3.63) is 21.9 Å². The molecule has 0 atom stereocenters. The number of aromatic nitrogens is 1. The normalized spacial score (nSPS) is 17.0. The summed E-state index contributed by atoms with van der Waals surface area (Å²) < 4.78 is 35.8. The number of hydrogen-bond donors (Lipinski definition) is 1. The molecule has 10 heteroatoms. The number of halogens is 3.